The van der Waals surface area contributed by atoms with Gasteiger partial charge < -0.3 is 20.9 Å². The van der Waals surface area contributed by atoms with E-state index in [2.05, 4.69) is 10.2 Å². The van der Waals surface area contributed by atoms with Gasteiger partial charge in [0.1, 0.15) is 10.3 Å². The number of aryl methyl sites for hydroxylation is 2. The molecule has 0 bridgehead atoms. The predicted molar refractivity (Wildman–Crippen MR) is 135 cm³/mol. The number of amides is 2. The average Bonchev–Trinajstić information content (AvgIpc) is 3.13. The molecule has 3 N–H and O–H groups in total. The number of para-hydroxylation sites is 2. The lowest BCUT2D eigenvalue weighted by Crippen LogP contribution is -2.48. The molecule has 8 heteroatoms. The number of carbonyl (C=O) groups is 2. The molecule has 0 unspecified atom stereocenters. The number of carbonyl (C=O) groups excluding carboxylic acids is 2. The average molecular weight is 464 g/mol. The number of rotatable bonds is 4. The number of hydrogen-bond donors (Lipinski definition) is 2. The normalized spacial score (nSPS) is 20.4. The first-order chi connectivity index (χ1) is 15.8. The number of likely N-dealkylation sites (N-methyl/N-ethyl adjacent to an activating group) is 1. The molecule has 172 valence electrons. The van der Waals surface area contributed by atoms with Crippen molar-refractivity contribution in [3.8, 4) is 0 Å². The zero-order chi connectivity index (χ0) is 23.5. The molecule has 0 saturated carbocycles. The molecule has 2 aromatic carbocycles. The van der Waals surface area contributed by atoms with Crippen LogP contribution < -0.4 is 11.1 Å². The topological polar surface area (TPSA) is 91.0 Å². The molecule has 1 saturated heterocycles. The number of nitrogens with zero attached hydrogens (tertiary/aromatic N) is 3. The van der Waals surface area contributed by atoms with Crippen molar-refractivity contribution < 1.29 is 9.59 Å². The number of hydrogen-bond acceptors (Lipinski definition) is 6. The molecule has 2 amide bonds. The quantitative estimate of drug-likeness (QED) is 0.727. The molecule has 2 aromatic rings. The van der Waals surface area contributed by atoms with Crippen LogP contribution in [0.5, 0.6) is 0 Å². The summed E-state index contributed by atoms with van der Waals surface area (Å²) in [5.74, 6) is -0.424. The molecule has 0 radical (unpaired) electrons. The minimum atomic E-state index is -0.723. The van der Waals surface area contributed by atoms with Crippen molar-refractivity contribution in [1.29, 1.82) is 0 Å². The first kappa shape index (κ1) is 23.1. The third kappa shape index (κ3) is 4.96. The van der Waals surface area contributed by atoms with Gasteiger partial charge in [-0.3, -0.25) is 9.59 Å². The number of benzene rings is 2. The van der Waals surface area contributed by atoms with Gasteiger partial charge in [0.15, 0.2) is 0 Å². The van der Waals surface area contributed by atoms with E-state index in [1.807, 2.05) is 69.4 Å². The minimum absolute atomic E-state index is 0.159. The second-order valence-corrected chi connectivity index (χ2v) is 9.53. The monoisotopic (exact) mass is 463 g/mol. The van der Waals surface area contributed by atoms with Gasteiger partial charge in [0.2, 0.25) is 5.91 Å². The second-order valence-electron chi connectivity index (χ2n) is 8.44. The van der Waals surface area contributed by atoms with Crippen LogP contribution in [0.25, 0.3) is 0 Å². The zero-order valence-corrected chi connectivity index (χ0v) is 20.0. The lowest BCUT2D eigenvalue weighted by atomic mass is 10.1. The van der Waals surface area contributed by atoms with E-state index in [-0.39, 0.29) is 17.5 Å². The van der Waals surface area contributed by atoms with Crippen LogP contribution >= 0.6 is 11.8 Å². The van der Waals surface area contributed by atoms with Crippen molar-refractivity contribution in [3.63, 3.8) is 0 Å². The summed E-state index contributed by atoms with van der Waals surface area (Å²) in [6.45, 7) is 6.81. The third-order valence-corrected chi connectivity index (χ3v) is 7.17. The fraction of sp³-hybridized carbons (Fsp3) is 0.320. The fourth-order valence-electron chi connectivity index (χ4n) is 3.96. The fourth-order valence-corrected chi connectivity index (χ4v) is 5.06. The van der Waals surface area contributed by atoms with Crippen molar-refractivity contribution >= 4 is 40.0 Å². The van der Waals surface area contributed by atoms with E-state index in [4.69, 9.17) is 10.7 Å². The molecule has 0 aromatic heterocycles. The number of nitrogens with one attached hydrogen (secondary N) is 1. The van der Waals surface area contributed by atoms with Crippen molar-refractivity contribution in [2.45, 2.75) is 19.1 Å². The maximum atomic E-state index is 13.6. The Hall–Kier alpha value is -3.10. The number of piperazine rings is 1. The Labute approximate surface area is 198 Å². The summed E-state index contributed by atoms with van der Waals surface area (Å²) < 4.78 is 0. The van der Waals surface area contributed by atoms with Crippen LogP contribution in [0.15, 0.2) is 64.8 Å². The molecule has 0 aliphatic carbocycles. The summed E-state index contributed by atoms with van der Waals surface area (Å²) in [7, 11) is 2.04. The van der Waals surface area contributed by atoms with Crippen molar-refractivity contribution in [2.24, 2.45) is 10.7 Å². The smallest absolute Gasteiger partial charge is 0.258 e. The van der Waals surface area contributed by atoms with Crippen LogP contribution in [0.1, 0.15) is 11.1 Å². The van der Waals surface area contributed by atoms with Gasteiger partial charge in [0, 0.05) is 37.6 Å². The van der Waals surface area contributed by atoms with Crippen molar-refractivity contribution in [2.75, 3.05) is 38.5 Å². The molecule has 7 nitrogen and oxygen atoms in total. The van der Waals surface area contributed by atoms with E-state index >= 15 is 0 Å². The van der Waals surface area contributed by atoms with Gasteiger partial charge in [0.05, 0.1) is 11.3 Å². The highest BCUT2D eigenvalue weighted by atomic mass is 32.2. The number of nitrogens with two attached hydrogens (primary N) is 1. The molecule has 1 atom stereocenters. The molecular weight excluding hydrogens is 434 g/mol. The van der Waals surface area contributed by atoms with Gasteiger partial charge in [-0.15, -0.1) is 0 Å². The van der Waals surface area contributed by atoms with Gasteiger partial charge in [-0.2, -0.15) is 0 Å². The molecule has 2 aliphatic rings. The highest BCUT2D eigenvalue weighted by Gasteiger charge is 2.40. The number of thioether (sulfide) groups is 1. The van der Waals surface area contributed by atoms with Gasteiger partial charge >= 0.3 is 0 Å². The standard InChI is InChI=1S/C25H29N5O2S/c1-16-8-7-9-17(2)21(16)28-24-19(25(32)30-14-12-29(3)13-15-30)20(26)22(33-24)23(31)27-18-10-5-4-6-11-18/h4-11,22H,12-15,26H2,1-3H3,(H,27,31)/t22-/m0/s1. The zero-order valence-electron chi connectivity index (χ0n) is 19.2. The maximum Gasteiger partial charge on any atom is 0.258 e. The number of aliphatic imine (C=N–C) groups is 1. The van der Waals surface area contributed by atoms with Gasteiger partial charge in [-0.25, -0.2) is 4.99 Å². The highest BCUT2D eigenvalue weighted by Crippen LogP contribution is 2.37. The Bertz CT molecular complexity index is 1100. The van der Waals surface area contributed by atoms with E-state index in [0.717, 1.165) is 29.9 Å². The molecule has 2 heterocycles. The second kappa shape index (κ2) is 9.80. The van der Waals surface area contributed by atoms with Crippen LogP contribution in [-0.4, -0.2) is 65.1 Å². The van der Waals surface area contributed by atoms with Gasteiger partial charge in [-0.1, -0.05) is 48.2 Å². The molecular formula is C25H29N5O2S. The van der Waals surface area contributed by atoms with Crippen LogP contribution in [-0.2, 0) is 9.59 Å². The minimum Gasteiger partial charge on any atom is -0.400 e. The first-order valence-electron chi connectivity index (χ1n) is 11.0. The molecule has 0 spiro atoms. The van der Waals surface area contributed by atoms with E-state index in [1.165, 1.54) is 11.8 Å². The van der Waals surface area contributed by atoms with E-state index in [0.29, 0.717) is 29.4 Å². The molecule has 4 rings (SSSR count). The van der Waals surface area contributed by atoms with Crippen LogP contribution in [0.4, 0.5) is 11.4 Å². The Morgan fingerprint density at radius 3 is 2.27 bits per heavy atom. The third-order valence-electron chi connectivity index (χ3n) is 5.95. The summed E-state index contributed by atoms with van der Waals surface area (Å²) in [4.78, 5) is 35.5. The molecule has 2 aliphatic heterocycles. The lowest BCUT2D eigenvalue weighted by molar-refractivity contribution is -0.128. The molecule has 33 heavy (non-hydrogen) atoms. The Balaban J connectivity index is 1.70. The SMILES string of the molecule is Cc1cccc(C)c1N=C1S[C@H](C(=O)Nc2ccccc2)C(N)=C1C(=O)N1CCN(C)CC1. The number of anilines is 1. The van der Waals surface area contributed by atoms with Crippen LogP contribution in [0.3, 0.4) is 0 Å². The van der Waals surface area contributed by atoms with E-state index in [9.17, 15) is 9.59 Å². The highest BCUT2D eigenvalue weighted by molar-refractivity contribution is 8.16. The van der Waals surface area contributed by atoms with E-state index in [1.54, 1.807) is 4.90 Å². The first-order valence-corrected chi connectivity index (χ1v) is 11.9. The van der Waals surface area contributed by atoms with Gasteiger partial charge in [0.25, 0.3) is 5.91 Å². The maximum absolute atomic E-state index is 13.6. The van der Waals surface area contributed by atoms with Gasteiger partial charge in [-0.05, 0) is 44.2 Å². The van der Waals surface area contributed by atoms with Crippen LogP contribution in [0, 0.1) is 13.8 Å². The molecule has 1 fully saturated rings. The Morgan fingerprint density at radius 2 is 1.64 bits per heavy atom. The van der Waals surface area contributed by atoms with Crippen molar-refractivity contribution in [3.05, 3.63) is 70.9 Å². The largest absolute Gasteiger partial charge is 0.400 e. The Morgan fingerprint density at radius 1 is 1.00 bits per heavy atom. The van der Waals surface area contributed by atoms with Crippen molar-refractivity contribution in [1.82, 2.24) is 9.80 Å². The van der Waals surface area contributed by atoms with E-state index < -0.39 is 5.25 Å². The Kier molecular flexibility index (Phi) is 6.85. The predicted octanol–water partition coefficient (Wildman–Crippen LogP) is 3.07. The summed E-state index contributed by atoms with van der Waals surface area (Å²) in [5, 5.41) is 2.69. The summed E-state index contributed by atoms with van der Waals surface area (Å²) in [6.07, 6.45) is 0. The lowest BCUT2D eigenvalue weighted by Gasteiger charge is -2.32. The summed E-state index contributed by atoms with van der Waals surface area (Å²) >= 11 is 1.24. The van der Waals surface area contributed by atoms with Crippen LogP contribution in [0.2, 0.25) is 0 Å². The summed E-state index contributed by atoms with van der Waals surface area (Å²) in [6, 6.07) is 15.2. The summed E-state index contributed by atoms with van der Waals surface area (Å²) in [5.41, 5.74) is 10.6.